The molecule has 0 atom stereocenters. The number of benzene rings is 2. The Hall–Kier alpha value is -4.84. The molecule has 2 N–H and O–H groups in total. The van der Waals surface area contributed by atoms with Gasteiger partial charge in [0.25, 0.3) is 11.8 Å². The molecule has 9 nitrogen and oxygen atoms in total. The summed E-state index contributed by atoms with van der Waals surface area (Å²) in [6, 6.07) is 19.6. The molecule has 1 heterocycles. The molecule has 0 spiro atoms. The third kappa shape index (κ3) is 6.39. The molecule has 3 rings (SSSR count). The Labute approximate surface area is 208 Å². The third-order valence-corrected chi connectivity index (χ3v) is 5.20. The largest absolute Gasteiger partial charge is 0.494 e. The van der Waals surface area contributed by atoms with E-state index in [-0.39, 0.29) is 5.57 Å². The highest BCUT2D eigenvalue weighted by atomic mass is 16.5. The van der Waals surface area contributed by atoms with Crippen LogP contribution in [-0.2, 0) is 14.3 Å². The van der Waals surface area contributed by atoms with E-state index in [9.17, 15) is 19.6 Å². The average molecular weight is 487 g/mol. The van der Waals surface area contributed by atoms with Crippen molar-refractivity contribution in [1.29, 1.82) is 5.26 Å². The van der Waals surface area contributed by atoms with Crippen molar-refractivity contribution in [3.8, 4) is 17.5 Å². The summed E-state index contributed by atoms with van der Waals surface area (Å²) in [5.41, 5.74) is 7.77. The van der Waals surface area contributed by atoms with Crippen LogP contribution in [0.2, 0.25) is 0 Å². The van der Waals surface area contributed by atoms with Gasteiger partial charge in [-0.15, -0.1) is 0 Å². The van der Waals surface area contributed by atoms with Gasteiger partial charge in [0.05, 0.1) is 6.61 Å². The Balaban J connectivity index is 1.64. The normalized spacial score (nSPS) is 10.8. The number of nitriles is 1. The second-order valence-corrected chi connectivity index (χ2v) is 7.70. The van der Waals surface area contributed by atoms with Crippen molar-refractivity contribution in [3.63, 3.8) is 0 Å². The van der Waals surface area contributed by atoms with Crippen LogP contribution in [-0.4, -0.2) is 35.6 Å². The first-order valence-electron chi connectivity index (χ1n) is 11.2. The first-order valence-corrected chi connectivity index (χ1v) is 11.2. The van der Waals surface area contributed by atoms with E-state index >= 15 is 0 Å². The van der Waals surface area contributed by atoms with E-state index in [0.29, 0.717) is 17.7 Å². The smallest absolute Gasteiger partial charge is 0.349 e. The number of hydrogen-bond donors (Lipinski definition) is 2. The summed E-state index contributed by atoms with van der Waals surface area (Å²) in [6.07, 6.45) is 1.42. The number of hydrogen-bond acceptors (Lipinski definition) is 6. The molecule has 9 heteroatoms. The number of carbonyl (C=O) groups excluding carboxylic acids is 3. The van der Waals surface area contributed by atoms with Gasteiger partial charge in [-0.05, 0) is 74.9 Å². The summed E-state index contributed by atoms with van der Waals surface area (Å²) >= 11 is 0. The summed E-state index contributed by atoms with van der Waals surface area (Å²) in [7, 11) is 0. The van der Waals surface area contributed by atoms with Gasteiger partial charge in [-0.3, -0.25) is 20.4 Å². The predicted molar refractivity (Wildman–Crippen MR) is 133 cm³/mol. The van der Waals surface area contributed by atoms with E-state index < -0.39 is 24.4 Å². The summed E-state index contributed by atoms with van der Waals surface area (Å²) in [5, 5.41) is 9.49. The Bertz CT molecular complexity index is 1320. The van der Waals surface area contributed by atoms with E-state index in [2.05, 4.69) is 10.9 Å². The van der Waals surface area contributed by atoms with Gasteiger partial charge in [0.15, 0.2) is 6.61 Å². The molecule has 0 aliphatic rings. The zero-order valence-corrected chi connectivity index (χ0v) is 20.2. The quantitative estimate of drug-likeness (QED) is 0.218. The topological polar surface area (TPSA) is 122 Å². The number of aryl methyl sites for hydroxylation is 1. The zero-order chi connectivity index (χ0) is 26.1. The van der Waals surface area contributed by atoms with Gasteiger partial charge < -0.3 is 14.0 Å². The van der Waals surface area contributed by atoms with Crippen molar-refractivity contribution in [2.75, 3.05) is 13.2 Å². The molecule has 2 aromatic carbocycles. The van der Waals surface area contributed by atoms with Gasteiger partial charge in [0.2, 0.25) is 0 Å². The van der Waals surface area contributed by atoms with Gasteiger partial charge in [-0.1, -0.05) is 18.2 Å². The maximum absolute atomic E-state index is 12.4. The van der Waals surface area contributed by atoms with Crippen molar-refractivity contribution in [3.05, 3.63) is 88.8 Å². The number of hydrazine groups is 1. The van der Waals surface area contributed by atoms with Gasteiger partial charge in [0, 0.05) is 22.6 Å². The van der Waals surface area contributed by atoms with E-state index in [1.54, 1.807) is 30.3 Å². The molecule has 1 aromatic heterocycles. The molecule has 0 radical (unpaired) electrons. The number of rotatable bonds is 8. The lowest BCUT2D eigenvalue weighted by molar-refractivity contribution is -0.144. The molecule has 0 aliphatic carbocycles. The van der Waals surface area contributed by atoms with E-state index in [1.165, 1.54) is 6.08 Å². The van der Waals surface area contributed by atoms with E-state index in [1.807, 2.05) is 61.7 Å². The van der Waals surface area contributed by atoms with Crippen LogP contribution in [0.4, 0.5) is 0 Å². The minimum Gasteiger partial charge on any atom is -0.494 e. The van der Waals surface area contributed by atoms with Crippen molar-refractivity contribution in [2.24, 2.45) is 0 Å². The third-order valence-electron chi connectivity index (χ3n) is 5.20. The van der Waals surface area contributed by atoms with Crippen molar-refractivity contribution >= 4 is 23.9 Å². The van der Waals surface area contributed by atoms with Crippen LogP contribution in [0, 0.1) is 25.2 Å². The Morgan fingerprint density at radius 2 is 1.72 bits per heavy atom. The van der Waals surface area contributed by atoms with Crippen molar-refractivity contribution in [2.45, 2.75) is 20.8 Å². The Morgan fingerprint density at radius 3 is 2.36 bits per heavy atom. The molecule has 2 amide bonds. The Morgan fingerprint density at radius 1 is 1.03 bits per heavy atom. The molecule has 0 unspecified atom stereocenters. The standard InChI is InChI=1S/C27H26N4O5/c1-4-35-24-12-10-23(11-13-24)31-18(2)14-21(19(31)3)15-22(16-28)27(34)36-17-25(32)29-30-26(33)20-8-6-5-7-9-20/h5-15H,4,17H2,1-3H3,(H,29,32)(H,30,33). The highest BCUT2D eigenvalue weighted by Crippen LogP contribution is 2.24. The first-order chi connectivity index (χ1) is 17.3. The molecule has 0 aliphatic heterocycles. The number of esters is 1. The van der Waals surface area contributed by atoms with Crippen molar-refractivity contribution < 1.29 is 23.9 Å². The van der Waals surface area contributed by atoms with Crippen LogP contribution in [0.5, 0.6) is 5.75 Å². The SMILES string of the molecule is CCOc1ccc(-n2c(C)cc(C=C(C#N)C(=O)OCC(=O)NNC(=O)c3ccccc3)c2C)cc1. The number of amides is 2. The van der Waals surface area contributed by atoms with Crippen LogP contribution in [0.25, 0.3) is 11.8 Å². The molecule has 184 valence electrons. The van der Waals surface area contributed by atoms with E-state index in [0.717, 1.165) is 22.8 Å². The molecule has 36 heavy (non-hydrogen) atoms. The van der Waals surface area contributed by atoms with Gasteiger partial charge in [-0.2, -0.15) is 5.26 Å². The lowest BCUT2D eigenvalue weighted by atomic mass is 10.1. The molecule has 0 fully saturated rings. The summed E-state index contributed by atoms with van der Waals surface area (Å²) in [6.45, 7) is 5.61. The second kappa shape index (κ2) is 12.0. The van der Waals surface area contributed by atoms with Crippen LogP contribution in [0.1, 0.15) is 34.2 Å². The van der Waals surface area contributed by atoms with Gasteiger partial charge >= 0.3 is 5.97 Å². The van der Waals surface area contributed by atoms with Crippen LogP contribution < -0.4 is 15.6 Å². The average Bonchev–Trinajstić information content (AvgIpc) is 3.17. The fourth-order valence-electron chi connectivity index (χ4n) is 3.51. The zero-order valence-electron chi connectivity index (χ0n) is 20.2. The summed E-state index contributed by atoms with van der Waals surface area (Å²) in [4.78, 5) is 36.3. The van der Waals surface area contributed by atoms with Crippen molar-refractivity contribution in [1.82, 2.24) is 15.4 Å². The number of nitrogens with one attached hydrogen (secondary N) is 2. The minimum atomic E-state index is -0.951. The number of aromatic nitrogens is 1. The summed E-state index contributed by atoms with van der Waals surface area (Å²) < 4.78 is 12.4. The summed E-state index contributed by atoms with van der Waals surface area (Å²) in [5.74, 6) is -1.45. The molecule has 0 bridgehead atoms. The number of nitrogens with zero attached hydrogens (tertiary/aromatic N) is 2. The van der Waals surface area contributed by atoms with Crippen LogP contribution in [0.15, 0.2) is 66.2 Å². The maximum Gasteiger partial charge on any atom is 0.349 e. The minimum absolute atomic E-state index is 0.261. The predicted octanol–water partition coefficient (Wildman–Crippen LogP) is 3.40. The molecule has 0 saturated heterocycles. The molecule has 3 aromatic rings. The fourth-order valence-corrected chi connectivity index (χ4v) is 3.51. The lowest BCUT2D eigenvalue weighted by Crippen LogP contribution is -2.43. The molecule has 0 saturated carbocycles. The molecular formula is C27H26N4O5. The second-order valence-electron chi connectivity index (χ2n) is 7.70. The monoisotopic (exact) mass is 486 g/mol. The highest BCUT2D eigenvalue weighted by molar-refractivity contribution is 5.99. The van der Waals surface area contributed by atoms with Crippen LogP contribution in [0.3, 0.4) is 0 Å². The molecular weight excluding hydrogens is 460 g/mol. The fraction of sp³-hybridized carbons (Fsp3) is 0.185. The number of carbonyl (C=O) groups is 3. The lowest BCUT2D eigenvalue weighted by Gasteiger charge is -2.11. The van der Waals surface area contributed by atoms with E-state index in [4.69, 9.17) is 9.47 Å². The number of ether oxygens (including phenoxy) is 2. The first kappa shape index (κ1) is 25.8. The van der Waals surface area contributed by atoms with Gasteiger partial charge in [-0.25, -0.2) is 4.79 Å². The van der Waals surface area contributed by atoms with Crippen LogP contribution >= 0.6 is 0 Å². The highest BCUT2D eigenvalue weighted by Gasteiger charge is 2.16. The maximum atomic E-state index is 12.4. The Kier molecular flexibility index (Phi) is 8.62. The van der Waals surface area contributed by atoms with Gasteiger partial charge in [0.1, 0.15) is 17.4 Å².